The van der Waals surface area contributed by atoms with Crippen LogP contribution in [0.4, 0.5) is 14.5 Å². The van der Waals surface area contributed by atoms with E-state index in [0.29, 0.717) is 12.5 Å². The second kappa shape index (κ2) is 17.0. The van der Waals surface area contributed by atoms with Gasteiger partial charge in [-0.1, -0.05) is 12.2 Å². The summed E-state index contributed by atoms with van der Waals surface area (Å²) in [6.45, 7) is 0.375. The number of aliphatic hydroxyl groups is 1. The van der Waals surface area contributed by atoms with Gasteiger partial charge in [0.05, 0.1) is 7.11 Å². The number of allylic oxidation sites excluding steroid dienone is 2. The zero-order chi connectivity index (χ0) is 20.4. The van der Waals surface area contributed by atoms with Gasteiger partial charge in [0.15, 0.2) is 0 Å². The van der Waals surface area contributed by atoms with E-state index in [9.17, 15) is 18.4 Å². The maximum Gasteiger partial charge on any atom is 0.292 e. The number of hydrogen-bond acceptors (Lipinski definition) is 5. The first-order valence-electron chi connectivity index (χ1n) is 7.49. The van der Waals surface area contributed by atoms with E-state index >= 15 is 0 Å². The lowest BCUT2D eigenvalue weighted by atomic mass is 10.3. The fourth-order valence-corrected chi connectivity index (χ4v) is 1.58. The third-order valence-electron chi connectivity index (χ3n) is 2.49. The number of methoxy groups -OCH3 is 1. The zero-order valence-corrected chi connectivity index (χ0v) is 14.7. The van der Waals surface area contributed by atoms with Crippen LogP contribution in [0.1, 0.15) is 25.7 Å². The lowest BCUT2D eigenvalue weighted by Crippen LogP contribution is -2.21. The molecule has 0 heterocycles. The number of anilines is 1. The van der Waals surface area contributed by atoms with Crippen molar-refractivity contribution in [1.82, 2.24) is 0 Å². The van der Waals surface area contributed by atoms with Gasteiger partial charge in [-0.25, -0.2) is 8.78 Å². The minimum atomic E-state index is -0.815. The molecule has 0 radical (unpaired) electrons. The number of rotatable bonds is 4. The van der Waals surface area contributed by atoms with Gasteiger partial charge in [-0.05, 0) is 31.4 Å². The average Bonchev–Trinajstić information content (AvgIpc) is 3.15. The predicted octanol–water partition coefficient (Wildman–Crippen LogP) is 1.90. The van der Waals surface area contributed by atoms with Crippen molar-refractivity contribution >= 4 is 24.0 Å². The highest BCUT2D eigenvalue weighted by Crippen LogP contribution is 2.12. The van der Waals surface area contributed by atoms with Crippen LogP contribution in [0.25, 0.3) is 0 Å². The largest absolute Gasteiger partial charge is 0.471 e. The third kappa shape index (κ3) is 16.1. The number of nitrogens with one attached hydrogen (secondary N) is 1. The van der Waals surface area contributed by atoms with Gasteiger partial charge in [-0.2, -0.15) is 0 Å². The van der Waals surface area contributed by atoms with Crippen molar-refractivity contribution in [3.05, 3.63) is 42.0 Å². The summed E-state index contributed by atoms with van der Waals surface area (Å²) in [7, 11) is 2.31. The number of primary amides is 1. The Labute approximate surface area is 150 Å². The number of ether oxygens (including phenoxy) is 1. The molecule has 0 fully saturated rings. The highest BCUT2D eigenvalue weighted by atomic mass is 19.1. The van der Waals surface area contributed by atoms with Gasteiger partial charge in [0.2, 0.25) is 11.8 Å². The summed E-state index contributed by atoms with van der Waals surface area (Å²) >= 11 is 0. The van der Waals surface area contributed by atoms with Crippen molar-refractivity contribution in [2.75, 3.05) is 19.5 Å². The number of hydrogen-bond donors (Lipinski definition) is 3. The highest BCUT2D eigenvalue weighted by Gasteiger charge is 2.07. The molecule has 26 heavy (non-hydrogen) atoms. The fourth-order valence-electron chi connectivity index (χ4n) is 1.58. The summed E-state index contributed by atoms with van der Waals surface area (Å²) in [6, 6.07) is 2.54. The lowest BCUT2D eigenvalue weighted by molar-refractivity contribution is -0.126. The number of aliphatic hydroxyl groups excluding tert-OH is 1. The molecule has 2 rings (SSSR count). The second-order valence-electron chi connectivity index (χ2n) is 4.58. The maximum atomic E-state index is 12.7. The van der Waals surface area contributed by atoms with E-state index < -0.39 is 29.9 Å². The van der Waals surface area contributed by atoms with Crippen molar-refractivity contribution in [2.45, 2.75) is 25.7 Å². The number of carbonyl (C=O) groups is 3. The molecule has 1 aromatic rings. The number of nitrogens with two attached hydrogens (primary N) is 1. The van der Waals surface area contributed by atoms with E-state index in [1.165, 1.54) is 26.4 Å². The smallest absolute Gasteiger partial charge is 0.292 e. The van der Waals surface area contributed by atoms with E-state index in [-0.39, 0.29) is 5.69 Å². The average molecular weight is 374 g/mol. The molecule has 1 aliphatic carbocycles. The molecule has 146 valence electrons. The molecular formula is C17H24F2N2O5. The first kappa shape index (κ1) is 25.4. The monoisotopic (exact) mass is 374 g/mol. The van der Waals surface area contributed by atoms with Crippen molar-refractivity contribution in [3.8, 4) is 0 Å². The molecule has 4 N–H and O–H groups in total. The number of halogens is 2. The molecule has 9 heteroatoms. The van der Waals surface area contributed by atoms with Crippen LogP contribution < -0.4 is 11.1 Å². The molecule has 7 nitrogen and oxygen atoms in total. The quantitative estimate of drug-likeness (QED) is 0.423. The summed E-state index contributed by atoms with van der Waals surface area (Å²) in [4.78, 5) is 30.3. The highest BCUT2D eigenvalue weighted by molar-refractivity contribution is 6.03. The van der Waals surface area contributed by atoms with Gasteiger partial charge in [0.1, 0.15) is 18.1 Å². The zero-order valence-electron chi connectivity index (χ0n) is 14.7. The Balaban J connectivity index is 0. The first-order valence-corrected chi connectivity index (χ1v) is 7.49. The first-order chi connectivity index (χ1) is 12.4. The van der Waals surface area contributed by atoms with Gasteiger partial charge in [-0.3, -0.25) is 14.4 Å². The van der Waals surface area contributed by atoms with Gasteiger partial charge in [0.25, 0.3) is 6.47 Å². The molecule has 0 aromatic heterocycles. The SMILES string of the molecule is C1=CCCC1.CO.COC=O.NC(=O)CC(=O)Nc1cc(F)cc(F)c1. The molecule has 0 saturated carbocycles. The van der Waals surface area contributed by atoms with Gasteiger partial charge in [0, 0.05) is 18.9 Å². The Morgan fingerprint density at radius 3 is 1.96 bits per heavy atom. The van der Waals surface area contributed by atoms with Crippen LogP contribution >= 0.6 is 0 Å². The van der Waals surface area contributed by atoms with Crippen LogP contribution in [-0.2, 0) is 19.1 Å². The van der Waals surface area contributed by atoms with Gasteiger partial charge in [-0.15, -0.1) is 0 Å². The number of amides is 2. The second-order valence-corrected chi connectivity index (χ2v) is 4.58. The van der Waals surface area contributed by atoms with Gasteiger partial charge >= 0.3 is 0 Å². The Morgan fingerprint density at radius 2 is 1.65 bits per heavy atom. The lowest BCUT2D eigenvalue weighted by Gasteiger charge is -2.03. The number of benzene rings is 1. The molecule has 0 bridgehead atoms. The van der Waals surface area contributed by atoms with Crippen LogP contribution in [0.3, 0.4) is 0 Å². The molecule has 0 saturated heterocycles. The van der Waals surface area contributed by atoms with Crippen molar-refractivity contribution < 1.29 is 33.0 Å². The van der Waals surface area contributed by atoms with Crippen LogP contribution in [0.2, 0.25) is 0 Å². The van der Waals surface area contributed by atoms with E-state index in [2.05, 4.69) is 22.2 Å². The summed E-state index contributed by atoms with van der Waals surface area (Å²) in [5.74, 6) is -3.16. The van der Waals surface area contributed by atoms with E-state index in [4.69, 9.17) is 15.6 Å². The summed E-state index contributed by atoms with van der Waals surface area (Å²) < 4.78 is 29.2. The molecule has 2 amide bonds. The molecule has 1 aliphatic rings. The van der Waals surface area contributed by atoms with Gasteiger partial charge < -0.3 is 20.9 Å². The molecule has 1 aromatic carbocycles. The number of carbonyl (C=O) groups excluding carboxylic acids is 3. The van der Waals surface area contributed by atoms with E-state index in [1.807, 2.05) is 0 Å². The third-order valence-corrected chi connectivity index (χ3v) is 2.49. The summed E-state index contributed by atoms with van der Waals surface area (Å²) in [6.07, 6.45) is 7.97. The standard InChI is InChI=1S/C9H8F2N2O2.C5H8.C2H4O2.CH4O/c10-5-1-6(11)3-7(2-5)13-9(15)4-8(12)14;1-2-4-5-3-1;1-4-2-3;1-2/h1-3H,4H2,(H2,12,14)(H,13,15);1-2H,3-5H2;2H,1H3;2H,1H3. The Hall–Kier alpha value is -2.81. The van der Waals surface area contributed by atoms with Crippen LogP contribution in [0.15, 0.2) is 30.4 Å². The van der Waals surface area contributed by atoms with Crippen LogP contribution in [-0.4, -0.2) is 37.6 Å². The fraction of sp³-hybridized carbons (Fsp3) is 0.353. The molecular weight excluding hydrogens is 350 g/mol. The molecule has 0 atom stereocenters. The van der Waals surface area contributed by atoms with Crippen molar-refractivity contribution in [1.29, 1.82) is 0 Å². The van der Waals surface area contributed by atoms with Crippen LogP contribution in [0.5, 0.6) is 0 Å². The van der Waals surface area contributed by atoms with E-state index in [1.54, 1.807) is 0 Å². The Kier molecular flexibility index (Phi) is 16.7. The minimum Gasteiger partial charge on any atom is -0.471 e. The normalized spacial score (nSPS) is 10.7. The minimum absolute atomic E-state index is 0.0567. The topological polar surface area (TPSA) is 119 Å². The van der Waals surface area contributed by atoms with E-state index in [0.717, 1.165) is 19.2 Å². The summed E-state index contributed by atoms with van der Waals surface area (Å²) in [5.41, 5.74) is 4.70. The maximum absolute atomic E-state index is 12.7. The van der Waals surface area contributed by atoms with Crippen molar-refractivity contribution in [3.63, 3.8) is 0 Å². The predicted molar refractivity (Wildman–Crippen MR) is 93.0 cm³/mol. The summed E-state index contributed by atoms with van der Waals surface area (Å²) in [5, 5.41) is 9.14. The molecule has 0 spiro atoms. The molecule has 0 aliphatic heterocycles. The Morgan fingerprint density at radius 1 is 1.19 bits per heavy atom. The van der Waals surface area contributed by atoms with Crippen LogP contribution in [0, 0.1) is 11.6 Å². The molecule has 0 unspecified atom stereocenters. The Bertz CT molecular complexity index is 554. The van der Waals surface area contributed by atoms with Crippen molar-refractivity contribution in [2.24, 2.45) is 5.73 Å².